The van der Waals surface area contributed by atoms with Crippen LogP contribution in [0.25, 0.3) is 0 Å². The fourth-order valence-corrected chi connectivity index (χ4v) is 4.93. The van der Waals surface area contributed by atoms with Gasteiger partial charge in [-0.25, -0.2) is 13.2 Å². The lowest BCUT2D eigenvalue weighted by Gasteiger charge is -2.34. The van der Waals surface area contributed by atoms with E-state index < -0.39 is 27.9 Å². The lowest BCUT2D eigenvalue weighted by Crippen LogP contribution is -2.48. The Balaban J connectivity index is 2.25. The minimum absolute atomic E-state index is 0.0320. The van der Waals surface area contributed by atoms with Gasteiger partial charge in [0.05, 0.1) is 24.2 Å². The molecule has 0 spiro atoms. The predicted molar refractivity (Wildman–Crippen MR) is 108 cm³/mol. The van der Waals surface area contributed by atoms with E-state index in [4.69, 9.17) is 9.47 Å². The van der Waals surface area contributed by atoms with Crippen LogP contribution in [0.2, 0.25) is 0 Å². The van der Waals surface area contributed by atoms with Gasteiger partial charge < -0.3 is 14.8 Å². The first-order chi connectivity index (χ1) is 13.6. The van der Waals surface area contributed by atoms with E-state index in [0.717, 1.165) is 0 Å². The third kappa shape index (κ3) is 5.55. The number of hydrogen-bond donors (Lipinski definition) is 1. The third-order valence-electron chi connectivity index (χ3n) is 5.07. The van der Waals surface area contributed by atoms with Gasteiger partial charge >= 0.3 is 5.97 Å². The Morgan fingerprint density at radius 2 is 1.90 bits per heavy atom. The van der Waals surface area contributed by atoms with Gasteiger partial charge in [-0.1, -0.05) is 26.3 Å². The molecular formula is C20H30N2O6S. The van der Waals surface area contributed by atoms with Crippen LogP contribution < -0.4 is 5.32 Å². The molecule has 1 N–H and O–H groups in total. The van der Waals surface area contributed by atoms with E-state index in [0.29, 0.717) is 6.42 Å². The van der Waals surface area contributed by atoms with Gasteiger partial charge in [0.2, 0.25) is 10.0 Å². The molecule has 1 aromatic carbocycles. The maximum Gasteiger partial charge on any atom is 0.328 e. The van der Waals surface area contributed by atoms with Gasteiger partial charge in [0.15, 0.2) is 0 Å². The van der Waals surface area contributed by atoms with Crippen molar-refractivity contribution < 1.29 is 27.5 Å². The second kappa shape index (κ2) is 9.69. The molecule has 1 aliphatic heterocycles. The summed E-state index contributed by atoms with van der Waals surface area (Å²) < 4.78 is 37.9. The van der Waals surface area contributed by atoms with Crippen LogP contribution in [-0.4, -0.2) is 63.0 Å². The van der Waals surface area contributed by atoms with Crippen molar-refractivity contribution in [3.05, 3.63) is 29.8 Å². The first-order valence-corrected chi connectivity index (χ1v) is 11.2. The molecule has 0 bridgehead atoms. The largest absolute Gasteiger partial charge is 0.467 e. The molecule has 1 heterocycles. The van der Waals surface area contributed by atoms with Gasteiger partial charge in [-0.3, -0.25) is 4.79 Å². The maximum absolute atomic E-state index is 13.0. The lowest BCUT2D eigenvalue weighted by atomic mass is 9.99. The topological polar surface area (TPSA) is 102 Å². The Labute approximate surface area is 172 Å². The van der Waals surface area contributed by atoms with Crippen molar-refractivity contribution in [1.82, 2.24) is 9.62 Å². The number of carbonyl (C=O) groups excluding carboxylic acids is 2. The molecular weight excluding hydrogens is 396 g/mol. The number of hydrogen-bond acceptors (Lipinski definition) is 6. The number of nitrogens with zero attached hydrogens (tertiary/aromatic N) is 1. The highest BCUT2D eigenvalue weighted by Crippen LogP contribution is 2.22. The van der Waals surface area contributed by atoms with Crippen LogP contribution in [-0.2, 0) is 24.3 Å². The summed E-state index contributed by atoms with van der Waals surface area (Å²) in [6, 6.07) is 5.03. The van der Waals surface area contributed by atoms with Crippen LogP contribution in [0, 0.1) is 5.92 Å². The van der Waals surface area contributed by atoms with E-state index in [9.17, 15) is 18.0 Å². The molecule has 1 saturated heterocycles. The average molecular weight is 427 g/mol. The monoisotopic (exact) mass is 426 g/mol. The summed E-state index contributed by atoms with van der Waals surface area (Å²) in [6.45, 7) is 7.89. The minimum Gasteiger partial charge on any atom is -0.467 e. The lowest BCUT2D eigenvalue weighted by molar-refractivity contribution is -0.144. The zero-order valence-corrected chi connectivity index (χ0v) is 18.4. The highest BCUT2D eigenvalue weighted by atomic mass is 32.2. The van der Waals surface area contributed by atoms with Crippen molar-refractivity contribution in [3.63, 3.8) is 0 Å². The quantitative estimate of drug-likeness (QED) is 0.667. The highest BCUT2D eigenvalue weighted by molar-refractivity contribution is 7.89. The van der Waals surface area contributed by atoms with Crippen molar-refractivity contribution in [2.75, 3.05) is 20.2 Å². The van der Waals surface area contributed by atoms with E-state index in [1.807, 2.05) is 27.7 Å². The van der Waals surface area contributed by atoms with Crippen molar-refractivity contribution in [2.24, 2.45) is 5.92 Å². The summed E-state index contributed by atoms with van der Waals surface area (Å²) >= 11 is 0. The number of amides is 1. The van der Waals surface area contributed by atoms with Gasteiger partial charge in [0, 0.05) is 18.7 Å². The normalized spacial score (nSPS) is 22.5. The Morgan fingerprint density at radius 1 is 1.28 bits per heavy atom. The van der Waals surface area contributed by atoms with Crippen LogP contribution in [0.15, 0.2) is 29.2 Å². The number of morpholine rings is 1. The van der Waals surface area contributed by atoms with Gasteiger partial charge in [-0.05, 0) is 38.0 Å². The summed E-state index contributed by atoms with van der Waals surface area (Å²) in [6.07, 6.45) is 0.245. The fraction of sp³-hybridized carbons (Fsp3) is 0.600. The van der Waals surface area contributed by atoms with E-state index in [-0.39, 0.29) is 41.7 Å². The van der Waals surface area contributed by atoms with Crippen molar-refractivity contribution in [3.8, 4) is 0 Å². The second-order valence-electron chi connectivity index (χ2n) is 7.47. The standard InChI is InChI=1S/C20H30N2O6S/c1-6-13(2)18(20(24)27-5)21-19(23)16-8-7-9-17(10-16)29(25,26)22-11-14(3)28-15(4)12-22/h7-10,13-15,18H,6,11-12H2,1-5H3,(H,21,23)/t13-,14-,15+,18-/m0/s1. The Bertz CT molecular complexity index is 831. The number of rotatable bonds is 7. The van der Waals surface area contributed by atoms with E-state index in [2.05, 4.69) is 5.32 Å². The van der Waals surface area contributed by atoms with Crippen LogP contribution in [0.1, 0.15) is 44.5 Å². The molecule has 1 aliphatic rings. The first kappa shape index (κ1) is 23.3. The number of carbonyl (C=O) groups is 2. The Kier molecular flexibility index (Phi) is 7.79. The Hall–Kier alpha value is -1.97. The average Bonchev–Trinajstić information content (AvgIpc) is 2.70. The van der Waals surface area contributed by atoms with Crippen LogP contribution in [0.3, 0.4) is 0 Å². The number of esters is 1. The number of methoxy groups -OCH3 is 1. The highest BCUT2D eigenvalue weighted by Gasteiger charge is 2.33. The molecule has 0 saturated carbocycles. The summed E-state index contributed by atoms with van der Waals surface area (Å²) in [5, 5.41) is 2.67. The number of nitrogens with one attached hydrogen (secondary N) is 1. The number of ether oxygens (including phenoxy) is 2. The van der Waals surface area contributed by atoms with Gasteiger partial charge in [-0.15, -0.1) is 0 Å². The summed E-state index contributed by atoms with van der Waals surface area (Å²) in [4.78, 5) is 24.8. The maximum atomic E-state index is 13.0. The molecule has 1 aromatic rings. The minimum atomic E-state index is -3.77. The molecule has 8 nitrogen and oxygen atoms in total. The summed E-state index contributed by atoms with van der Waals surface area (Å²) in [7, 11) is -2.51. The number of sulfonamides is 1. The SMILES string of the molecule is CC[C@H](C)[C@H](NC(=O)c1cccc(S(=O)(=O)N2C[C@@H](C)O[C@@H](C)C2)c1)C(=O)OC. The zero-order chi connectivity index (χ0) is 21.8. The molecule has 29 heavy (non-hydrogen) atoms. The molecule has 0 radical (unpaired) electrons. The Morgan fingerprint density at radius 3 is 2.45 bits per heavy atom. The van der Waals surface area contributed by atoms with E-state index in [1.165, 1.54) is 35.7 Å². The molecule has 0 aliphatic carbocycles. The predicted octanol–water partition coefficient (Wildman–Crippen LogP) is 1.80. The van der Waals surface area contributed by atoms with E-state index >= 15 is 0 Å². The second-order valence-corrected chi connectivity index (χ2v) is 9.40. The molecule has 0 unspecified atom stereocenters. The van der Waals surface area contributed by atoms with Crippen molar-refractivity contribution in [1.29, 1.82) is 0 Å². The van der Waals surface area contributed by atoms with Crippen LogP contribution in [0.4, 0.5) is 0 Å². The van der Waals surface area contributed by atoms with Crippen LogP contribution in [0.5, 0.6) is 0 Å². The molecule has 2 rings (SSSR count). The molecule has 4 atom stereocenters. The third-order valence-corrected chi connectivity index (χ3v) is 6.90. The molecule has 162 valence electrons. The summed E-state index contributed by atoms with van der Waals surface area (Å²) in [5.74, 6) is -1.19. The molecule has 0 aromatic heterocycles. The first-order valence-electron chi connectivity index (χ1n) is 9.74. The molecule has 1 fully saturated rings. The zero-order valence-electron chi connectivity index (χ0n) is 17.5. The van der Waals surface area contributed by atoms with Crippen molar-refractivity contribution in [2.45, 2.75) is 57.3 Å². The number of benzene rings is 1. The molecule has 1 amide bonds. The van der Waals surface area contributed by atoms with Gasteiger partial charge in [0.25, 0.3) is 5.91 Å². The molecule has 9 heteroatoms. The fourth-order valence-electron chi connectivity index (χ4n) is 3.29. The van der Waals surface area contributed by atoms with Crippen molar-refractivity contribution >= 4 is 21.9 Å². The van der Waals surface area contributed by atoms with E-state index in [1.54, 1.807) is 0 Å². The van der Waals surface area contributed by atoms with Gasteiger partial charge in [-0.2, -0.15) is 4.31 Å². The summed E-state index contributed by atoms with van der Waals surface area (Å²) in [5.41, 5.74) is 0.164. The van der Waals surface area contributed by atoms with Gasteiger partial charge in [0.1, 0.15) is 6.04 Å². The smallest absolute Gasteiger partial charge is 0.328 e. The van der Waals surface area contributed by atoms with Crippen LogP contribution >= 0.6 is 0 Å².